The molecule has 17 heteroatoms. The SMILES string of the molecule is C=C1CC[C@H](O)C/C1=C/C=C1\CCCC2(C)C([C@H](C)/C=C/C(C)(F)S(C)(=O)=O)=CC[C@@H]12.C=C1CC[C@H](O)C/C1=C/C=C1\CCC[C@]2(C)C(C(C)/C=C/[C@@H](C)S(C)(=O)=O)CC[C@@H]12.C=C1CC[C@H](O)C/C1=C/C=C1\CCC[C@]2(C)C(C(C)/C=C/[C@H](C)S(C)(=O)=O)CC[C@@H]12.C=C1CC[C@H](O)C/C1=C/C=C1\CCC[C@]2(C)C([C@H](C)/C=C/C(C)(C)S(C)(=O)=O)=CC[C@@H]12. The molecule has 12 rings (SSSR count). The molecule has 10 saturated carbocycles. The van der Waals surface area contributed by atoms with E-state index >= 15 is 0 Å². The summed E-state index contributed by atoms with van der Waals surface area (Å²) in [5, 5.41) is 36.9. The van der Waals surface area contributed by atoms with Crippen LogP contribution in [-0.2, 0) is 39.3 Å². The molecule has 0 amide bonds. The van der Waals surface area contributed by atoms with E-state index < -0.39 is 59.6 Å². The van der Waals surface area contributed by atoms with E-state index in [0.717, 1.165) is 127 Å². The predicted octanol–water partition coefficient (Wildman–Crippen LogP) is 23.7. The molecule has 0 spiro atoms. The van der Waals surface area contributed by atoms with E-state index in [0.29, 0.717) is 60.2 Å². The Morgan fingerprint density at radius 3 is 0.984 bits per heavy atom. The highest BCUT2D eigenvalue weighted by Crippen LogP contribution is 2.63. The third-order valence-electron chi connectivity index (χ3n) is 32.2. The molecule has 0 heterocycles. The minimum Gasteiger partial charge on any atom is -0.393 e. The average molecular weight is 1760 g/mol. The van der Waals surface area contributed by atoms with Crippen LogP contribution < -0.4 is 0 Å². The molecule has 21 atom stereocenters. The molecule has 10 fully saturated rings. The number of aliphatic hydroxyl groups excluding tert-OH is 4. The molecule has 0 aromatic heterocycles. The number of aliphatic hydroxyl groups is 4. The molecule has 0 bridgehead atoms. The lowest BCUT2D eigenvalue weighted by Crippen LogP contribution is -2.35. The molecule has 0 radical (unpaired) electrons. The fourth-order valence-corrected chi connectivity index (χ4v) is 24.8. The number of alkyl halides is 1. The number of allylic oxidation sites excluding steroid dienone is 24. The second-order valence-electron chi connectivity index (χ2n) is 41.4. The number of rotatable bonds is 20. The summed E-state index contributed by atoms with van der Waals surface area (Å²) >= 11 is 0. The summed E-state index contributed by atoms with van der Waals surface area (Å²) in [6.45, 7) is 43.3. The maximum absolute atomic E-state index is 14.5. The molecule has 0 aromatic rings. The van der Waals surface area contributed by atoms with Crippen molar-refractivity contribution in [2.45, 2.75) is 327 Å². The average Bonchev–Trinajstić information content (AvgIpc) is 1.62. The minimum atomic E-state index is -3.81. The highest BCUT2D eigenvalue weighted by atomic mass is 32.2. The van der Waals surface area contributed by atoms with Crippen LogP contribution >= 0.6 is 0 Å². The first-order valence-electron chi connectivity index (χ1n) is 46.4. The molecular weight excluding hydrogens is 1600 g/mol. The summed E-state index contributed by atoms with van der Waals surface area (Å²) < 4.78 is 108. The number of fused-ring (bicyclic) bond motifs is 4. The van der Waals surface area contributed by atoms with Crippen LogP contribution in [0.1, 0.15) is 283 Å². The second-order valence-corrected chi connectivity index (χ2v) is 51.1. The van der Waals surface area contributed by atoms with Gasteiger partial charge in [-0.15, -0.1) is 0 Å². The first-order valence-corrected chi connectivity index (χ1v) is 54.1. The van der Waals surface area contributed by atoms with E-state index in [1.165, 1.54) is 158 Å². The zero-order valence-corrected chi connectivity index (χ0v) is 81.0. The van der Waals surface area contributed by atoms with Crippen LogP contribution in [0.15, 0.2) is 214 Å². The number of halogens is 1. The summed E-state index contributed by atoms with van der Waals surface area (Å²) in [6, 6.07) is 0. The van der Waals surface area contributed by atoms with E-state index in [2.05, 4.69) is 154 Å². The van der Waals surface area contributed by atoms with Crippen molar-refractivity contribution in [1.29, 1.82) is 0 Å². The van der Waals surface area contributed by atoms with E-state index in [-0.39, 0.29) is 57.9 Å². The molecule has 12 nitrogen and oxygen atoms in total. The van der Waals surface area contributed by atoms with Gasteiger partial charge in [0.2, 0.25) is 5.00 Å². The maximum atomic E-state index is 14.5. The van der Waals surface area contributed by atoms with Crippen LogP contribution in [0, 0.1) is 80.8 Å². The lowest BCUT2D eigenvalue weighted by Gasteiger charge is -2.44. The molecule has 122 heavy (non-hydrogen) atoms. The van der Waals surface area contributed by atoms with Crippen LogP contribution in [0.2, 0.25) is 0 Å². The maximum Gasteiger partial charge on any atom is 0.225 e. The van der Waals surface area contributed by atoms with Gasteiger partial charge in [0.25, 0.3) is 0 Å². The van der Waals surface area contributed by atoms with Gasteiger partial charge in [0, 0.05) is 25.0 Å². The third kappa shape index (κ3) is 24.4. The zero-order valence-electron chi connectivity index (χ0n) is 77.7. The molecular formula is C105H157FO12S4. The monoisotopic (exact) mass is 1760 g/mol. The Hall–Kier alpha value is -5.11. The summed E-state index contributed by atoms with van der Waals surface area (Å²) in [5.41, 5.74) is 18.9. The van der Waals surface area contributed by atoms with Gasteiger partial charge in [-0.2, -0.15) is 0 Å². The molecule has 12 aliphatic carbocycles. The lowest BCUT2D eigenvalue weighted by molar-refractivity contribution is 0.112. The van der Waals surface area contributed by atoms with Crippen molar-refractivity contribution in [2.24, 2.45) is 80.8 Å². The van der Waals surface area contributed by atoms with Gasteiger partial charge in [-0.05, 0) is 336 Å². The van der Waals surface area contributed by atoms with E-state index in [1.54, 1.807) is 44.9 Å². The van der Waals surface area contributed by atoms with E-state index in [4.69, 9.17) is 0 Å². The van der Waals surface area contributed by atoms with Gasteiger partial charge in [-0.1, -0.05) is 241 Å². The van der Waals surface area contributed by atoms with Crippen LogP contribution in [0.5, 0.6) is 0 Å². The van der Waals surface area contributed by atoms with Crippen molar-refractivity contribution in [2.75, 3.05) is 25.0 Å². The van der Waals surface area contributed by atoms with Gasteiger partial charge < -0.3 is 20.4 Å². The fraction of sp³-hybridized carbons (Fsp3) is 0.657. The van der Waals surface area contributed by atoms with Crippen molar-refractivity contribution >= 4 is 39.3 Å². The molecule has 0 aromatic carbocycles. The van der Waals surface area contributed by atoms with E-state index in [9.17, 15) is 58.5 Å². The van der Waals surface area contributed by atoms with Gasteiger partial charge in [0.05, 0.1) is 39.7 Å². The minimum absolute atomic E-state index is 0.00718. The standard InChI is InChI=1S/C27H40O3S.C26H37FO3S.2C26H40O3S/c1-19-9-12-23(28)18-22(19)11-10-21-8-7-16-27(5)24(13-14-25(21)27)20(2)15-17-26(3,4)31(6,29)30;1-18-8-11-22(28)17-21(18)10-9-20-7-6-15-25(3)23(12-13-24(20)25)19(2)14-16-26(4,27)31(5,29)30;2*1-18-9-13-23(27)17-22(18)12-11-21-7-6-16-26(4)24(14-15-25(21)26)19(2)8-10-20(3)30(5,28)29/h10-11,13,15,17,20,23,25,28H,1,7-9,12,14,16,18H2,2-6H3;9-10,12,14,16,19,22,24,28H,1,6-8,11,13,15,17H2,2-5H3;2*8,10-12,19-20,23-25,27H,1,6-7,9,13-17H2,2-5H3/b17-15+,21-10+,22-11-;16-14+,20-9+,21-10-;2*10-8+,21-11+,22-12-/t20-,23+,25+,27-;19-,22+,24+,25?,26?;19?,20-,23+,24?,25+,26-;19?,20-,23-,24?,25-,26+/m1110/s1. The summed E-state index contributed by atoms with van der Waals surface area (Å²) in [6.07, 6.45) is 72.2. The molecule has 4 N–H and O–H groups in total. The topological polar surface area (TPSA) is 217 Å². The Morgan fingerprint density at radius 2 is 0.689 bits per heavy atom. The first-order chi connectivity index (χ1) is 56.7. The highest BCUT2D eigenvalue weighted by Gasteiger charge is 2.53. The largest absolute Gasteiger partial charge is 0.393 e. The van der Waals surface area contributed by atoms with Crippen LogP contribution in [-0.4, -0.2) is 124 Å². The fourth-order valence-electron chi connectivity index (χ4n) is 23.3. The number of hydrogen-bond donors (Lipinski definition) is 4. The Balaban J connectivity index is 0.000000185. The normalized spacial score (nSPS) is 36.0. The molecule has 6 unspecified atom stereocenters. The van der Waals surface area contributed by atoms with Crippen molar-refractivity contribution in [3.05, 3.63) is 214 Å². The first kappa shape index (κ1) is 101. The van der Waals surface area contributed by atoms with Crippen LogP contribution in [0.3, 0.4) is 0 Å². The lowest BCUT2D eigenvalue weighted by atomic mass is 9.61. The quantitative estimate of drug-likeness (QED) is 0.0837. The third-order valence-corrected chi connectivity index (χ3v) is 38.8. The Labute approximate surface area is 739 Å². The highest BCUT2D eigenvalue weighted by molar-refractivity contribution is 7.92. The van der Waals surface area contributed by atoms with Gasteiger partial charge >= 0.3 is 0 Å². The van der Waals surface area contributed by atoms with Crippen LogP contribution in [0.25, 0.3) is 0 Å². The van der Waals surface area contributed by atoms with Gasteiger partial charge in [-0.3, -0.25) is 0 Å². The molecule has 680 valence electrons. The summed E-state index contributed by atoms with van der Waals surface area (Å²) in [7, 11) is -13.0. The Bertz CT molecular complexity index is 4490. The van der Waals surface area contributed by atoms with Crippen molar-refractivity contribution < 1.29 is 58.5 Å². The Kier molecular flexibility index (Phi) is 33.9. The van der Waals surface area contributed by atoms with Crippen molar-refractivity contribution in [3.8, 4) is 0 Å². The second kappa shape index (κ2) is 41.1. The van der Waals surface area contributed by atoms with Gasteiger partial charge in [-0.25, -0.2) is 38.1 Å². The van der Waals surface area contributed by atoms with Crippen molar-refractivity contribution in [1.82, 2.24) is 0 Å². The van der Waals surface area contributed by atoms with Gasteiger partial charge in [0.1, 0.15) is 0 Å². The number of sulfone groups is 4. The van der Waals surface area contributed by atoms with Gasteiger partial charge in [0.15, 0.2) is 39.3 Å². The Morgan fingerprint density at radius 1 is 0.393 bits per heavy atom. The number of hydrogen-bond acceptors (Lipinski definition) is 12. The van der Waals surface area contributed by atoms with Crippen LogP contribution in [0.4, 0.5) is 4.39 Å². The molecule has 0 saturated heterocycles. The van der Waals surface area contributed by atoms with Crippen molar-refractivity contribution in [3.63, 3.8) is 0 Å². The molecule has 0 aliphatic heterocycles. The zero-order chi connectivity index (χ0) is 90.3. The predicted molar refractivity (Wildman–Crippen MR) is 508 cm³/mol. The van der Waals surface area contributed by atoms with E-state index in [1.807, 2.05) is 25.2 Å². The molecule has 12 aliphatic rings. The summed E-state index contributed by atoms with van der Waals surface area (Å²) in [4.78, 5) is 0. The summed E-state index contributed by atoms with van der Waals surface area (Å²) in [5.74, 6) is 4.30. The smallest absolute Gasteiger partial charge is 0.225 e.